The summed E-state index contributed by atoms with van der Waals surface area (Å²) in [6.45, 7) is 13.2. The number of guanidine groups is 1. The molecule has 0 atom stereocenters. The molecule has 1 heterocycles. The van der Waals surface area contributed by atoms with Crippen molar-refractivity contribution in [2.75, 3.05) is 25.9 Å². The van der Waals surface area contributed by atoms with Gasteiger partial charge in [-0.3, -0.25) is 4.99 Å². The first kappa shape index (κ1) is 22.0. The molecule has 0 saturated carbocycles. The molecule has 0 radical (unpaired) electrons. The Morgan fingerprint density at radius 2 is 2.00 bits per heavy atom. The molecule has 0 amide bonds. The summed E-state index contributed by atoms with van der Waals surface area (Å²) in [7, 11) is 0. The second-order valence-electron chi connectivity index (χ2n) is 5.58. The van der Waals surface area contributed by atoms with E-state index in [2.05, 4.69) is 61.5 Å². The number of nitrogens with one attached hydrogen (secondary N) is 2. The first-order valence-electron chi connectivity index (χ1n) is 7.38. The molecular weight excluding hydrogens is 427 g/mol. The highest BCUT2D eigenvalue weighted by Crippen LogP contribution is 2.21. The minimum Gasteiger partial charge on any atom is -0.357 e. The van der Waals surface area contributed by atoms with Gasteiger partial charge in [0, 0.05) is 29.1 Å². The number of rotatable bonds is 7. The average Bonchev–Trinajstić information content (AvgIpc) is 2.74. The van der Waals surface area contributed by atoms with Crippen LogP contribution in [0.5, 0.6) is 0 Å². The van der Waals surface area contributed by atoms with Gasteiger partial charge in [0.05, 0.1) is 17.2 Å². The van der Waals surface area contributed by atoms with Gasteiger partial charge < -0.3 is 10.6 Å². The zero-order chi connectivity index (χ0) is 15.9. The van der Waals surface area contributed by atoms with Crippen LogP contribution in [0.15, 0.2) is 4.99 Å². The lowest BCUT2D eigenvalue weighted by atomic mass is 10.2. The second kappa shape index (κ2) is 10.7. The van der Waals surface area contributed by atoms with E-state index in [1.165, 1.54) is 4.88 Å². The molecule has 1 aromatic heterocycles. The summed E-state index contributed by atoms with van der Waals surface area (Å²) >= 11 is 3.63. The van der Waals surface area contributed by atoms with Crippen molar-refractivity contribution in [3.05, 3.63) is 15.6 Å². The van der Waals surface area contributed by atoms with E-state index in [1.807, 2.05) is 11.8 Å². The topological polar surface area (TPSA) is 49.3 Å². The SMILES string of the molecule is CCNC(=NCC(C)(C)SC)NCCc1sc(C)nc1C.I. The van der Waals surface area contributed by atoms with Gasteiger partial charge in [-0.25, -0.2) is 4.98 Å². The Kier molecular flexibility index (Phi) is 10.7. The molecule has 128 valence electrons. The molecule has 2 N–H and O–H groups in total. The van der Waals surface area contributed by atoms with Crippen LogP contribution in [0.3, 0.4) is 0 Å². The lowest BCUT2D eigenvalue weighted by Gasteiger charge is -2.20. The molecule has 4 nitrogen and oxygen atoms in total. The predicted molar refractivity (Wildman–Crippen MR) is 112 cm³/mol. The van der Waals surface area contributed by atoms with Crippen LogP contribution in [0.1, 0.15) is 36.3 Å². The highest BCUT2D eigenvalue weighted by atomic mass is 127. The number of aromatic nitrogens is 1. The maximum absolute atomic E-state index is 4.68. The minimum atomic E-state index is 0. The van der Waals surface area contributed by atoms with Crippen LogP contribution in [-0.4, -0.2) is 41.6 Å². The lowest BCUT2D eigenvalue weighted by Crippen LogP contribution is -2.39. The van der Waals surface area contributed by atoms with Crippen LogP contribution in [0.4, 0.5) is 0 Å². The minimum absolute atomic E-state index is 0. The molecule has 0 saturated heterocycles. The summed E-state index contributed by atoms with van der Waals surface area (Å²) in [6, 6.07) is 0. The number of thiazole rings is 1. The Hall–Kier alpha value is -0.0200. The highest BCUT2D eigenvalue weighted by Gasteiger charge is 2.15. The fourth-order valence-electron chi connectivity index (χ4n) is 1.78. The van der Waals surface area contributed by atoms with Crippen LogP contribution < -0.4 is 10.6 Å². The number of hydrogen-bond donors (Lipinski definition) is 2. The highest BCUT2D eigenvalue weighted by molar-refractivity contribution is 14.0. The number of nitrogens with zero attached hydrogens (tertiary/aromatic N) is 2. The van der Waals surface area contributed by atoms with Crippen LogP contribution in [0, 0.1) is 13.8 Å². The normalized spacial score (nSPS) is 12.0. The molecule has 0 fully saturated rings. The number of halogens is 1. The fraction of sp³-hybridized carbons (Fsp3) is 0.733. The molecule has 0 aromatic carbocycles. The Balaban J connectivity index is 0.00000441. The molecule has 22 heavy (non-hydrogen) atoms. The third-order valence-electron chi connectivity index (χ3n) is 3.16. The Bertz CT molecular complexity index is 472. The van der Waals surface area contributed by atoms with Gasteiger partial charge in [-0.1, -0.05) is 0 Å². The largest absolute Gasteiger partial charge is 0.357 e. The molecule has 0 spiro atoms. The van der Waals surface area contributed by atoms with Crippen molar-refractivity contribution in [1.82, 2.24) is 15.6 Å². The van der Waals surface area contributed by atoms with E-state index in [9.17, 15) is 0 Å². The van der Waals surface area contributed by atoms with Gasteiger partial charge in [0.2, 0.25) is 0 Å². The quantitative estimate of drug-likeness (QED) is 0.374. The van der Waals surface area contributed by atoms with E-state index >= 15 is 0 Å². The number of aliphatic imine (C=N–C) groups is 1. The van der Waals surface area contributed by atoms with E-state index in [4.69, 9.17) is 0 Å². The lowest BCUT2D eigenvalue weighted by molar-refractivity contribution is 0.710. The predicted octanol–water partition coefficient (Wildman–Crippen LogP) is 3.62. The van der Waals surface area contributed by atoms with Crippen LogP contribution >= 0.6 is 47.1 Å². The number of thioether (sulfide) groups is 1. The summed E-state index contributed by atoms with van der Waals surface area (Å²) in [5.41, 5.74) is 1.16. The summed E-state index contributed by atoms with van der Waals surface area (Å²) in [5, 5.41) is 7.86. The zero-order valence-corrected chi connectivity index (χ0v) is 18.4. The average molecular weight is 456 g/mol. The monoisotopic (exact) mass is 456 g/mol. The van der Waals surface area contributed by atoms with Crippen molar-refractivity contribution in [3.63, 3.8) is 0 Å². The van der Waals surface area contributed by atoms with Crippen molar-refractivity contribution >= 4 is 53.0 Å². The summed E-state index contributed by atoms with van der Waals surface area (Å²) in [5.74, 6) is 0.901. The Labute approximate surface area is 160 Å². The van der Waals surface area contributed by atoms with Crippen LogP contribution in [0.25, 0.3) is 0 Å². The molecule has 1 rings (SSSR count). The van der Waals surface area contributed by atoms with Gasteiger partial charge >= 0.3 is 0 Å². The molecule has 0 bridgehead atoms. The van der Waals surface area contributed by atoms with Gasteiger partial charge in [0.15, 0.2) is 5.96 Å². The Morgan fingerprint density at radius 1 is 1.32 bits per heavy atom. The zero-order valence-electron chi connectivity index (χ0n) is 14.4. The smallest absolute Gasteiger partial charge is 0.191 e. The summed E-state index contributed by atoms with van der Waals surface area (Å²) < 4.78 is 0.174. The first-order chi connectivity index (χ1) is 9.88. The van der Waals surface area contributed by atoms with E-state index < -0.39 is 0 Å². The van der Waals surface area contributed by atoms with E-state index in [1.54, 1.807) is 11.3 Å². The van der Waals surface area contributed by atoms with Crippen molar-refractivity contribution in [2.45, 2.75) is 45.8 Å². The molecule has 0 aliphatic carbocycles. The van der Waals surface area contributed by atoms with Gasteiger partial charge in [0.25, 0.3) is 0 Å². The van der Waals surface area contributed by atoms with Gasteiger partial charge in [-0.15, -0.1) is 35.3 Å². The molecule has 0 aliphatic rings. The van der Waals surface area contributed by atoms with Crippen molar-refractivity contribution in [1.29, 1.82) is 0 Å². The van der Waals surface area contributed by atoms with Crippen LogP contribution in [-0.2, 0) is 6.42 Å². The van der Waals surface area contributed by atoms with Crippen molar-refractivity contribution in [2.24, 2.45) is 4.99 Å². The van der Waals surface area contributed by atoms with Crippen molar-refractivity contribution in [3.8, 4) is 0 Å². The van der Waals surface area contributed by atoms with Gasteiger partial charge in [-0.05, 0) is 40.9 Å². The Morgan fingerprint density at radius 3 is 2.50 bits per heavy atom. The van der Waals surface area contributed by atoms with Crippen LogP contribution in [0.2, 0.25) is 0 Å². The maximum atomic E-state index is 4.68. The third kappa shape index (κ3) is 8.01. The van der Waals surface area contributed by atoms with Gasteiger partial charge in [-0.2, -0.15) is 11.8 Å². The fourth-order valence-corrected chi connectivity index (χ4v) is 2.91. The maximum Gasteiger partial charge on any atom is 0.191 e. The molecule has 0 unspecified atom stereocenters. The standard InChI is InChI=1S/C15H28N4S2.HI/c1-7-16-14(18-10-15(4,5)20-6)17-9-8-13-11(2)19-12(3)21-13;/h7-10H2,1-6H3,(H2,16,17,18);1H. The molecule has 7 heteroatoms. The van der Waals surface area contributed by atoms with Crippen molar-refractivity contribution < 1.29 is 0 Å². The number of hydrogen-bond acceptors (Lipinski definition) is 4. The third-order valence-corrected chi connectivity index (χ3v) is 5.53. The molecule has 1 aromatic rings. The first-order valence-corrected chi connectivity index (χ1v) is 9.42. The molecular formula is C15H29IN4S2. The summed E-state index contributed by atoms with van der Waals surface area (Å²) in [4.78, 5) is 10.5. The van der Waals surface area contributed by atoms with E-state index in [0.717, 1.165) is 42.7 Å². The van der Waals surface area contributed by atoms with Gasteiger partial charge in [0.1, 0.15) is 0 Å². The van der Waals surface area contributed by atoms with E-state index in [-0.39, 0.29) is 28.7 Å². The van der Waals surface area contributed by atoms with E-state index in [0.29, 0.717) is 0 Å². The summed E-state index contributed by atoms with van der Waals surface area (Å²) in [6.07, 6.45) is 3.12. The molecule has 0 aliphatic heterocycles. The second-order valence-corrected chi connectivity index (χ2v) is 8.38. The number of aryl methyl sites for hydroxylation is 2.